The Bertz CT molecular complexity index is 644. The molecule has 1 unspecified atom stereocenters. The molecule has 1 aromatic heterocycles. The number of nitrogens with zero attached hydrogens (tertiary/aromatic N) is 4. The molecule has 0 radical (unpaired) electrons. The van der Waals surface area contributed by atoms with Crippen LogP contribution in [0.5, 0.6) is 0 Å². The standard InChI is InChI=1S/C17H21FN4O/c1-13-11-14(18)3-4-15(13)16(23)12-21-7-9-22(10-8-21)17-19-5-2-6-20-17/h2-6,11,16,23H,7-10,12H2,1H3. The van der Waals surface area contributed by atoms with Crippen molar-refractivity contribution < 1.29 is 9.50 Å². The summed E-state index contributed by atoms with van der Waals surface area (Å²) in [4.78, 5) is 12.9. The summed E-state index contributed by atoms with van der Waals surface area (Å²) in [6.45, 7) is 5.73. The number of aliphatic hydroxyl groups excluding tert-OH is 1. The molecule has 23 heavy (non-hydrogen) atoms. The molecule has 1 fully saturated rings. The lowest BCUT2D eigenvalue weighted by Crippen LogP contribution is -2.48. The number of anilines is 1. The van der Waals surface area contributed by atoms with Crippen molar-refractivity contribution in [1.82, 2.24) is 14.9 Å². The Kier molecular flexibility index (Phi) is 4.83. The van der Waals surface area contributed by atoms with Crippen LogP contribution in [0.25, 0.3) is 0 Å². The van der Waals surface area contributed by atoms with Gasteiger partial charge in [-0.2, -0.15) is 0 Å². The van der Waals surface area contributed by atoms with Crippen molar-refractivity contribution in [3.63, 3.8) is 0 Å². The van der Waals surface area contributed by atoms with Crippen LogP contribution in [0.2, 0.25) is 0 Å². The second-order valence-electron chi connectivity index (χ2n) is 5.85. The van der Waals surface area contributed by atoms with Crippen molar-refractivity contribution in [2.45, 2.75) is 13.0 Å². The normalized spacial score (nSPS) is 17.3. The highest BCUT2D eigenvalue weighted by Crippen LogP contribution is 2.20. The van der Waals surface area contributed by atoms with Gasteiger partial charge in [-0.15, -0.1) is 0 Å². The molecule has 0 amide bonds. The fourth-order valence-electron chi connectivity index (χ4n) is 2.94. The Morgan fingerprint density at radius 1 is 1.17 bits per heavy atom. The first-order valence-corrected chi connectivity index (χ1v) is 7.82. The van der Waals surface area contributed by atoms with Crippen LogP contribution in [0.3, 0.4) is 0 Å². The van der Waals surface area contributed by atoms with Crippen LogP contribution in [0, 0.1) is 12.7 Å². The molecule has 1 aliphatic rings. The molecule has 0 saturated carbocycles. The van der Waals surface area contributed by atoms with Crippen LogP contribution in [-0.2, 0) is 0 Å². The van der Waals surface area contributed by atoms with Gasteiger partial charge in [0.15, 0.2) is 0 Å². The van der Waals surface area contributed by atoms with Gasteiger partial charge in [-0.3, -0.25) is 4.90 Å². The van der Waals surface area contributed by atoms with Crippen molar-refractivity contribution in [2.24, 2.45) is 0 Å². The topological polar surface area (TPSA) is 52.5 Å². The predicted octanol–water partition coefficient (Wildman–Crippen LogP) is 1.78. The minimum Gasteiger partial charge on any atom is -0.387 e. The van der Waals surface area contributed by atoms with Crippen LogP contribution < -0.4 is 4.90 Å². The smallest absolute Gasteiger partial charge is 0.225 e. The SMILES string of the molecule is Cc1cc(F)ccc1C(O)CN1CCN(c2ncccn2)CC1. The number of aromatic nitrogens is 2. The van der Waals surface area contributed by atoms with Gasteiger partial charge >= 0.3 is 0 Å². The van der Waals surface area contributed by atoms with Gasteiger partial charge < -0.3 is 10.0 Å². The van der Waals surface area contributed by atoms with E-state index >= 15 is 0 Å². The highest BCUT2D eigenvalue weighted by atomic mass is 19.1. The summed E-state index contributed by atoms with van der Waals surface area (Å²) < 4.78 is 13.2. The van der Waals surface area contributed by atoms with E-state index in [-0.39, 0.29) is 5.82 Å². The first kappa shape index (κ1) is 15.8. The zero-order chi connectivity index (χ0) is 16.2. The number of rotatable bonds is 4. The van der Waals surface area contributed by atoms with Crippen LogP contribution in [0.15, 0.2) is 36.7 Å². The molecule has 0 aliphatic carbocycles. The molecule has 2 heterocycles. The Balaban J connectivity index is 1.56. The summed E-state index contributed by atoms with van der Waals surface area (Å²) in [5, 5.41) is 10.4. The Morgan fingerprint density at radius 3 is 2.52 bits per heavy atom. The first-order chi connectivity index (χ1) is 11.1. The van der Waals surface area contributed by atoms with Gasteiger partial charge in [-0.05, 0) is 36.2 Å². The fourth-order valence-corrected chi connectivity index (χ4v) is 2.94. The largest absolute Gasteiger partial charge is 0.387 e. The Hall–Kier alpha value is -2.05. The summed E-state index contributed by atoms with van der Waals surface area (Å²) in [5.41, 5.74) is 1.58. The first-order valence-electron chi connectivity index (χ1n) is 7.82. The third-order valence-electron chi connectivity index (χ3n) is 4.23. The second-order valence-corrected chi connectivity index (χ2v) is 5.85. The van der Waals surface area contributed by atoms with Crippen molar-refractivity contribution in [2.75, 3.05) is 37.6 Å². The summed E-state index contributed by atoms with van der Waals surface area (Å²) in [6.07, 6.45) is 2.89. The number of benzene rings is 1. The lowest BCUT2D eigenvalue weighted by Gasteiger charge is -2.35. The molecule has 3 rings (SSSR count). The molecular weight excluding hydrogens is 295 g/mol. The number of aryl methyl sites for hydroxylation is 1. The minimum absolute atomic E-state index is 0.269. The summed E-state index contributed by atoms with van der Waals surface area (Å²) in [7, 11) is 0. The molecule has 1 aliphatic heterocycles. The van der Waals surface area contributed by atoms with E-state index in [2.05, 4.69) is 19.8 Å². The van der Waals surface area contributed by atoms with Gasteiger partial charge in [0.1, 0.15) is 5.82 Å². The summed E-state index contributed by atoms with van der Waals surface area (Å²) in [5.74, 6) is 0.483. The monoisotopic (exact) mass is 316 g/mol. The van der Waals surface area contributed by atoms with Crippen LogP contribution in [0.4, 0.5) is 10.3 Å². The van der Waals surface area contributed by atoms with Gasteiger partial charge in [0.05, 0.1) is 6.10 Å². The molecule has 122 valence electrons. The zero-order valence-corrected chi connectivity index (χ0v) is 13.2. The lowest BCUT2D eigenvalue weighted by atomic mass is 10.0. The van der Waals surface area contributed by atoms with E-state index in [4.69, 9.17) is 0 Å². The molecule has 2 aromatic rings. The number of aliphatic hydroxyl groups is 1. The molecule has 5 nitrogen and oxygen atoms in total. The number of halogens is 1. The Morgan fingerprint density at radius 2 is 1.87 bits per heavy atom. The Labute approximate surface area is 135 Å². The van der Waals surface area contributed by atoms with Crippen LogP contribution >= 0.6 is 0 Å². The maximum absolute atomic E-state index is 13.2. The third kappa shape index (κ3) is 3.83. The van der Waals surface area contributed by atoms with Crippen molar-refractivity contribution in [3.05, 3.63) is 53.6 Å². The molecule has 0 spiro atoms. The number of hydrogen-bond donors (Lipinski definition) is 1. The maximum atomic E-state index is 13.2. The molecule has 1 atom stereocenters. The predicted molar refractivity (Wildman–Crippen MR) is 86.8 cm³/mol. The second kappa shape index (κ2) is 7.02. The van der Waals surface area contributed by atoms with Gasteiger partial charge in [-0.25, -0.2) is 14.4 Å². The van der Waals surface area contributed by atoms with Gasteiger partial charge in [-0.1, -0.05) is 6.07 Å². The van der Waals surface area contributed by atoms with Crippen molar-refractivity contribution in [1.29, 1.82) is 0 Å². The van der Waals surface area contributed by atoms with Gasteiger partial charge in [0.2, 0.25) is 5.95 Å². The zero-order valence-electron chi connectivity index (χ0n) is 13.2. The van der Waals surface area contributed by atoms with E-state index in [9.17, 15) is 9.50 Å². The van der Waals surface area contributed by atoms with Gasteiger partial charge in [0.25, 0.3) is 0 Å². The highest BCUT2D eigenvalue weighted by Gasteiger charge is 2.21. The van der Waals surface area contributed by atoms with E-state index in [0.717, 1.165) is 43.3 Å². The number of hydrogen-bond acceptors (Lipinski definition) is 5. The third-order valence-corrected chi connectivity index (χ3v) is 4.23. The molecule has 1 aromatic carbocycles. The highest BCUT2D eigenvalue weighted by molar-refractivity contribution is 5.30. The number of piperazine rings is 1. The van der Waals surface area contributed by atoms with E-state index in [0.29, 0.717) is 6.54 Å². The minimum atomic E-state index is -0.602. The fraction of sp³-hybridized carbons (Fsp3) is 0.412. The average Bonchev–Trinajstić information content (AvgIpc) is 2.56. The van der Waals surface area contributed by atoms with E-state index in [1.54, 1.807) is 24.5 Å². The molecule has 0 bridgehead atoms. The maximum Gasteiger partial charge on any atom is 0.225 e. The molecule has 1 saturated heterocycles. The number of β-amino-alcohol motifs (C(OH)–C–C–N with tert-alkyl or cyclic N) is 1. The average molecular weight is 316 g/mol. The van der Waals surface area contributed by atoms with E-state index < -0.39 is 6.10 Å². The van der Waals surface area contributed by atoms with E-state index in [1.165, 1.54) is 12.1 Å². The summed E-state index contributed by atoms with van der Waals surface area (Å²) >= 11 is 0. The van der Waals surface area contributed by atoms with Crippen LogP contribution in [-0.4, -0.2) is 52.7 Å². The quantitative estimate of drug-likeness (QED) is 0.932. The van der Waals surface area contributed by atoms with E-state index in [1.807, 2.05) is 6.92 Å². The van der Waals surface area contributed by atoms with Gasteiger partial charge in [0, 0.05) is 45.1 Å². The molecule has 6 heteroatoms. The molecular formula is C17H21FN4O. The van der Waals surface area contributed by atoms with Crippen LogP contribution in [0.1, 0.15) is 17.2 Å². The van der Waals surface area contributed by atoms with Crippen molar-refractivity contribution >= 4 is 5.95 Å². The molecule has 1 N–H and O–H groups in total. The summed E-state index contributed by atoms with van der Waals surface area (Å²) in [6, 6.07) is 6.34. The van der Waals surface area contributed by atoms with Crippen molar-refractivity contribution in [3.8, 4) is 0 Å². The lowest BCUT2D eigenvalue weighted by molar-refractivity contribution is 0.109.